The highest BCUT2D eigenvalue weighted by atomic mass is 32.1. The van der Waals surface area contributed by atoms with Crippen molar-refractivity contribution in [2.24, 2.45) is 5.92 Å². The molecule has 2 atom stereocenters. The molecule has 2 amide bonds. The van der Waals surface area contributed by atoms with Gasteiger partial charge in [0, 0.05) is 10.9 Å². The van der Waals surface area contributed by atoms with Crippen molar-refractivity contribution < 1.29 is 14.7 Å². The fraction of sp³-hybridized carbons (Fsp3) is 0.615. The summed E-state index contributed by atoms with van der Waals surface area (Å²) in [6, 6.07) is -0.630. The average molecular weight is 295 g/mol. The van der Waals surface area contributed by atoms with Gasteiger partial charge in [0.05, 0.1) is 11.6 Å². The van der Waals surface area contributed by atoms with Crippen LogP contribution < -0.4 is 10.6 Å². The Morgan fingerprint density at radius 3 is 2.85 bits per heavy atom. The van der Waals surface area contributed by atoms with Crippen molar-refractivity contribution in [2.75, 3.05) is 5.32 Å². The van der Waals surface area contributed by atoms with Crippen molar-refractivity contribution in [3.05, 3.63) is 10.6 Å². The Kier molecular flexibility index (Phi) is 3.60. The smallest absolute Gasteiger partial charge is 0.321 e. The third kappa shape index (κ3) is 2.63. The van der Waals surface area contributed by atoms with Crippen molar-refractivity contribution in [2.45, 2.75) is 44.6 Å². The van der Waals surface area contributed by atoms with Crippen LogP contribution in [0.15, 0.2) is 0 Å². The molecule has 1 saturated carbocycles. The number of aryl methyl sites for hydroxylation is 2. The van der Waals surface area contributed by atoms with Gasteiger partial charge >= 0.3 is 12.0 Å². The number of carboxylic acids is 1. The molecule has 1 heterocycles. The van der Waals surface area contributed by atoms with Crippen LogP contribution in [0.3, 0.4) is 0 Å². The highest BCUT2D eigenvalue weighted by Crippen LogP contribution is 2.30. The van der Waals surface area contributed by atoms with Crippen LogP contribution in [-0.2, 0) is 17.6 Å². The number of amides is 2. The number of urea groups is 1. The van der Waals surface area contributed by atoms with Crippen LogP contribution >= 0.6 is 11.3 Å². The number of hydrogen-bond donors (Lipinski definition) is 3. The number of aliphatic carboxylic acids is 1. The predicted octanol–water partition coefficient (Wildman–Crippen LogP) is 2.01. The molecule has 6 nitrogen and oxygen atoms in total. The van der Waals surface area contributed by atoms with Crippen molar-refractivity contribution >= 4 is 28.5 Å². The number of carbonyl (C=O) groups excluding carboxylic acids is 1. The number of rotatable bonds is 3. The SMILES string of the molecule is O=C(Nc1nc2c(s1)CCC2)NC1CCCC1C(=O)O. The topological polar surface area (TPSA) is 91.3 Å². The number of thiazole rings is 1. The Hall–Kier alpha value is -1.63. The molecular weight excluding hydrogens is 278 g/mol. The first-order valence-electron chi connectivity index (χ1n) is 6.92. The predicted molar refractivity (Wildman–Crippen MR) is 75.1 cm³/mol. The third-order valence-corrected chi connectivity index (χ3v) is 5.04. The molecule has 0 aromatic carbocycles. The van der Waals surface area contributed by atoms with Crippen LogP contribution in [0.2, 0.25) is 0 Å². The molecule has 0 bridgehead atoms. The first kappa shape index (κ1) is 13.4. The van der Waals surface area contributed by atoms with Crippen molar-refractivity contribution in [3.8, 4) is 0 Å². The van der Waals surface area contributed by atoms with Crippen LogP contribution in [-0.4, -0.2) is 28.1 Å². The molecule has 0 aliphatic heterocycles. The van der Waals surface area contributed by atoms with E-state index in [0.29, 0.717) is 11.6 Å². The van der Waals surface area contributed by atoms with Crippen molar-refractivity contribution in [1.29, 1.82) is 0 Å². The van der Waals surface area contributed by atoms with E-state index in [2.05, 4.69) is 15.6 Å². The van der Waals surface area contributed by atoms with Crippen LogP contribution in [0.5, 0.6) is 0 Å². The Morgan fingerprint density at radius 2 is 2.10 bits per heavy atom. The minimum atomic E-state index is -0.832. The number of aromatic nitrogens is 1. The molecule has 0 spiro atoms. The summed E-state index contributed by atoms with van der Waals surface area (Å²) >= 11 is 1.52. The molecule has 20 heavy (non-hydrogen) atoms. The largest absolute Gasteiger partial charge is 0.481 e. The van der Waals surface area contributed by atoms with E-state index in [4.69, 9.17) is 5.11 Å². The first-order valence-corrected chi connectivity index (χ1v) is 7.74. The van der Waals surface area contributed by atoms with Crippen LogP contribution in [0.1, 0.15) is 36.3 Å². The lowest BCUT2D eigenvalue weighted by atomic mass is 10.0. The van der Waals surface area contributed by atoms with E-state index in [-0.39, 0.29) is 12.1 Å². The number of anilines is 1. The van der Waals surface area contributed by atoms with Gasteiger partial charge in [0.1, 0.15) is 0 Å². The Bertz CT molecular complexity index is 521. The fourth-order valence-electron chi connectivity index (χ4n) is 2.97. The molecule has 2 aliphatic carbocycles. The minimum Gasteiger partial charge on any atom is -0.481 e. The van der Waals surface area contributed by atoms with Gasteiger partial charge in [-0.3, -0.25) is 10.1 Å². The van der Waals surface area contributed by atoms with Crippen molar-refractivity contribution in [1.82, 2.24) is 10.3 Å². The van der Waals surface area contributed by atoms with E-state index in [1.807, 2.05) is 0 Å². The fourth-order valence-corrected chi connectivity index (χ4v) is 4.02. The van der Waals surface area contributed by atoms with E-state index in [9.17, 15) is 9.59 Å². The van der Waals surface area contributed by atoms with Gasteiger partial charge in [0.25, 0.3) is 0 Å². The quantitative estimate of drug-likeness (QED) is 0.795. The lowest BCUT2D eigenvalue weighted by Crippen LogP contribution is -2.42. The number of fused-ring (bicyclic) bond motifs is 1. The molecule has 2 aliphatic rings. The summed E-state index contributed by atoms with van der Waals surface area (Å²) in [7, 11) is 0. The monoisotopic (exact) mass is 295 g/mol. The van der Waals surface area contributed by atoms with Crippen LogP contribution in [0, 0.1) is 5.92 Å². The number of nitrogens with zero attached hydrogens (tertiary/aromatic N) is 1. The third-order valence-electron chi connectivity index (χ3n) is 3.97. The maximum absolute atomic E-state index is 11.9. The highest BCUT2D eigenvalue weighted by molar-refractivity contribution is 7.15. The normalized spacial score (nSPS) is 24.4. The lowest BCUT2D eigenvalue weighted by Gasteiger charge is -2.17. The van der Waals surface area contributed by atoms with E-state index in [1.165, 1.54) is 16.2 Å². The molecule has 1 aromatic rings. The average Bonchev–Trinajstić information content (AvgIpc) is 3.03. The maximum atomic E-state index is 11.9. The van der Waals surface area contributed by atoms with E-state index < -0.39 is 11.9 Å². The molecule has 108 valence electrons. The van der Waals surface area contributed by atoms with Gasteiger partial charge in [-0.05, 0) is 32.1 Å². The van der Waals surface area contributed by atoms with E-state index >= 15 is 0 Å². The summed E-state index contributed by atoms with van der Waals surface area (Å²) in [5, 5.41) is 15.2. The van der Waals surface area contributed by atoms with Crippen LogP contribution in [0.25, 0.3) is 0 Å². The van der Waals surface area contributed by atoms with Gasteiger partial charge < -0.3 is 10.4 Å². The molecular formula is C13H17N3O3S. The molecule has 2 unspecified atom stereocenters. The van der Waals surface area contributed by atoms with Gasteiger partial charge in [-0.1, -0.05) is 6.42 Å². The second-order valence-corrected chi connectivity index (χ2v) is 6.41. The number of nitrogens with one attached hydrogen (secondary N) is 2. The lowest BCUT2D eigenvalue weighted by molar-refractivity contribution is -0.142. The summed E-state index contributed by atoms with van der Waals surface area (Å²) in [4.78, 5) is 28.6. The molecule has 3 N–H and O–H groups in total. The van der Waals surface area contributed by atoms with E-state index in [1.54, 1.807) is 0 Å². The molecule has 1 aromatic heterocycles. The summed E-state index contributed by atoms with van der Waals surface area (Å²) in [6.45, 7) is 0. The zero-order valence-corrected chi connectivity index (χ0v) is 11.8. The van der Waals surface area contributed by atoms with Crippen molar-refractivity contribution in [3.63, 3.8) is 0 Å². The Balaban J connectivity index is 1.58. The molecule has 0 radical (unpaired) electrons. The zero-order valence-electron chi connectivity index (χ0n) is 11.0. The summed E-state index contributed by atoms with van der Waals surface area (Å²) in [5.41, 5.74) is 1.09. The summed E-state index contributed by atoms with van der Waals surface area (Å²) < 4.78 is 0. The highest BCUT2D eigenvalue weighted by Gasteiger charge is 2.34. The molecule has 1 fully saturated rings. The van der Waals surface area contributed by atoms with Gasteiger partial charge in [0.2, 0.25) is 0 Å². The number of carboxylic acid groups (broad SMARTS) is 1. The molecule has 7 heteroatoms. The van der Waals surface area contributed by atoms with Gasteiger partial charge in [0.15, 0.2) is 5.13 Å². The van der Waals surface area contributed by atoms with Gasteiger partial charge in [-0.2, -0.15) is 0 Å². The number of hydrogen-bond acceptors (Lipinski definition) is 4. The Morgan fingerprint density at radius 1 is 1.25 bits per heavy atom. The zero-order chi connectivity index (χ0) is 14.1. The van der Waals surface area contributed by atoms with E-state index in [0.717, 1.165) is 37.8 Å². The first-order chi connectivity index (χ1) is 9.63. The van der Waals surface area contributed by atoms with Crippen LogP contribution in [0.4, 0.5) is 9.93 Å². The standard InChI is InChI=1S/C13H17N3O3S/c17-11(18)7-3-1-4-8(7)14-12(19)16-13-15-9-5-2-6-10(9)20-13/h7-8H,1-6H2,(H,17,18)(H2,14,15,16,19). The second-order valence-electron chi connectivity index (χ2n) is 5.32. The van der Waals surface area contributed by atoms with Gasteiger partial charge in [-0.25, -0.2) is 9.78 Å². The van der Waals surface area contributed by atoms with Gasteiger partial charge in [-0.15, -0.1) is 11.3 Å². The Labute approximate surface area is 120 Å². The molecule has 0 saturated heterocycles. The number of carbonyl (C=O) groups is 2. The molecule has 3 rings (SSSR count). The second kappa shape index (κ2) is 5.40. The summed E-state index contributed by atoms with van der Waals surface area (Å²) in [6.07, 6.45) is 5.36. The minimum absolute atomic E-state index is 0.278. The maximum Gasteiger partial charge on any atom is 0.321 e. The summed E-state index contributed by atoms with van der Waals surface area (Å²) in [5.74, 6) is -1.30.